The van der Waals surface area contributed by atoms with Gasteiger partial charge in [-0.2, -0.15) is 0 Å². The van der Waals surface area contributed by atoms with E-state index in [1.807, 2.05) is 12.1 Å². The van der Waals surface area contributed by atoms with Crippen molar-refractivity contribution in [2.45, 2.75) is 0 Å². The molecule has 4 aromatic rings. The Balaban J connectivity index is 1.30. The molecule has 3 aromatic carbocycles. The minimum absolute atomic E-state index is 0.0226. The van der Waals surface area contributed by atoms with Crippen LogP contribution in [0.25, 0.3) is 11.0 Å². The van der Waals surface area contributed by atoms with E-state index in [9.17, 15) is 14.4 Å². The Morgan fingerprint density at radius 3 is 2.36 bits per heavy atom. The first-order chi connectivity index (χ1) is 16.0. The first-order valence-corrected chi connectivity index (χ1v) is 10.0. The Kier molecular flexibility index (Phi) is 6.36. The van der Waals surface area contributed by atoms with Crippen molar-refractivity contribution in [1.29, 1.82) is 0 Å². The minimum atomic E-state index is -0.732. The molecule has 4 rings (SSSR count). The number of amides is 2. The summed E-state index contributed by atoms with van der Waals surface area (Å²) in [5.74, 6) is -1.01. The molecule has 2 amide bonds. The van der Waals surface area contributed by atoms with Gasteiger partial charge in [0.25, 0.3) is 11.8 Å². The van der Waals surface area contributed by atoms with Crippen molar-refractivity contribution in [3.63, 3.8) is 0 Å². The number of benzene rings is 3. The molecule has 0 aliphatic carbocycles. The summed E-state index contributed by atoms with van der Waals surface area (Å²) < 4.78 is 15.7. The fraction of sp³-hybridized carbons (Fsp3) is 0.0800. The molecule has 0 aliphatic rings. The maximum Gasteiger partial charge on any atom is 0.374 e. The predicted octanol–water partition coefficient (Wildman–Crippen LogP) is 4.49. The summed E-state index contributed by atoms with van der Waals surface area (Å²) in [6.07, 6.45) is 0. The highest BCUT2D eigenvalue weighted by Crippen LogP contribution is 2.24. The average Bonchev–Trinajstić information content (AvgIpc) is 3.28. The zero-order valence-electron chi connectivity index (χ0n) is 17.7. The number of esters is 1. The predicted molar refractivity (Wildman–Crippen MR) is 123 cm³/mol. The van der Waals surface area contributed by atoms with E-state index in [1.54, 1.807) is 66.7 Å². The Bertz CT molecular complexity index is 1280. The van der Waals surface area contributed by atoms with E-state index in [-0.39, 0.29) is 11.7 Å². The first kappa shape index (κ1) is 21.6. The Morgan fingerprint density at radius 1 is 0.879 bits per heavy atom. The van der Waals surface area contributed by atoms with E-state index in [0.29, 0.717) is 28.3 Å². The molecule has 33 heavy (non-hydrogen) atoms. The van der Waals surface area contributed by atoms with Gasteiger partial charge in [-0.05, 0) is 48.5 Å². The van der Waals surface area contributed by atoms with Crippen LogP contribution in [-0.2, 0) is 9.53 Å². The third-order valence-corrected chi connectivity index (χ3v) is 4.75. The highest BCUT2D eigenvalue weighted by atomic mass is 16.5. The molecule has 0 saturated carbocycles. The van der Waals surface area contributed by atoms with Gasteiger partial charge in [0.2, 0.25) is 5.76 Å². The van der Waals surface area contributed by atoms with Crippen LogP contribution in [0.4, 0.5) is 11.4 Å². The molecular formula is C25H20N2O6. The van der Waals surface area contributed by atoms with Gasteiger partial charge >= 0.3 is 5.97 Å². The molecule has 0 fully saturated rings. The number of carbonyl (C=O) groups excluding carboxylic acids is 3. The van der Waals surface area contributed by atoms with Crippen LogP contribution >= 0.6 is 0 Å². The van der Waals surface area contributed by atoms with Gasteiger partial charge in [-0.1, -0.05) is 30.3 Å². The number of furan rings is 1. The van der Waals surface area contributed by atoms with Crippen LogP contribution in [0.15, 0.2) is 83.3 Å². The lowest BCUT2D eigenvalue weighted by atomic mass is 10.2. The summed E-state index contributed by atoms with van der Waals surface area (Å²) in [7, 11) is 1.52. The molecule has 1 heterocycles. The van der Waals surface area contributed by atoms with Crippen molar-refractivity contribution in [2.75, 3.05) is 24.4 Å². The van der Waals surface area contributed by atoms with Crippen molar-refractivity contribution in [3.05, 3.63) is 90.2 Å². The van der Waals surface area contributed by atoms with Gasteiger partial charge in [-0.3, -0.25) is 9.59 Å². The molecule has 1 aromatic heterocycles. The van der Waals surface area contributed by atoms with Crippen molar-refractivity contribution in [3.8, 4) is 5.75 Å². The fourth-order valence-electron chi connectivity index (χ4n) is 3.13. The van der Waals surface area contributed by atoms with Gasteiger partial charge < -0.3 is 24.5 Å². The molecule has 0 bridgehead atoms. The second-order valence-electron chi connectivity index (χ2n) is 7.00. The number of hydrogen-bond acceptors (Lipinski definition) is 6. The Hall–Kier alpha value is -4.59. The summed E-state index contributed by atoms with van der Waals surface area (Å²) in [6.45, 7) is -0.480. The van der Waals surface area contributed by atoms with Crippen molar-refractivity contribution >= 4 is 40.1 Å². The molecule has 0 saturated heterocycles. The molecule has 8 nitrogen and oxygen atoms in total. The van der Waals surface area contributed by atoms with Gasteiger partial charge in [0, 0.05) is 16.6 Å². The van der Waals surface area contributed by atoms with Crippen molar-refractivity contribution < 1.29 is 28.3 Å². The van der Waals surface area contributed by atoms with Gasteiger partial charge in [-0.25, -0.2) is 4.79 Å². The SMILES string of the molecule is COc1ccccc1NC(=O)c1ccc(NC(=O)COC(=O)c2cc3ccccc3o2)cc1. The summed E-state index contributed by atoms with van der Waals surface area (Å²) >= 11 is 0. The zero-order valence-corrected chi connectivity index (χ0v) is 17.7. The Labute approximate surface area is 189 Å². The van der Waals surface area contributed by atoms with Gasteiger partial charge in [0.15, 0.2) is 6.61 Å². The van der Waals surface area contributed by atoms with Crippen LogP contribution in [0.3, 0.4) is 0 Å². The van der Waals surface area contributed by atoms with E-state index in [1.165, 1.54) is 7.11 Å². The summed E-state index contributed by atoms with van der Waals surface area (Å²) in [4.78, 5) is 36.7. The van der Waals surface area contributed by atoms with Gasteiger partial charge in [0.05, 0.1) is 12.8 Å². The third-order valence-electron chi connectivity index (χ3n) is 4.75. The number of rotatable bonds is 7. The van der Waals surface area contributed by atoms with E-state index >= 15 is 0 Å². The summed E-state index contributed by atoms with van der Waals surface area (Å²) in [5.41, 5.74) is 1.96. The highest BCUT2D eigenvalue weighted by molar-refractivity contribution is 6.05. The summed E-state index contributed by atoms with van der Waals surface area (Å²) in [6, 6.07) is 22.1. The number of nitrogens with one attached hydrogen (secondary N) is 2. The van der Waals surface area contributed by atoms with Gasteiger partial charge in [0.1, 0.15) is 11.3 Å². The molecule has 0 unspecified atom stereocenters. The lowest BCUT2D eigenvalue weighted by molar-refractivity contribution is -0.119. The highest BCUT2D eigenvalue weighted by Gasteiger charge is 2.16. The lowest BCUT2D eigenvalue weighted by Crippen LogP contribution is -2.20. The number of ether oxygens (including phenoxy) is 2. The first-order valence-electron chi connectivity index (χ1n) is 10.0. The number of carbonyl (C=O) groups is 3. The molecular weight excluding hydrogens is 424 g/mol. The molecule has 166 valence electrons. The quantitative estimate of drug-likeness (QED) is 0.407. The van der Waals surface area contributed by atoms with E-state index in [4.69, 9.17) is 13.9 Å². The maximum atomic E-state index is 12.5. The Morgan fingerprint density at radius 2 is 1.61 bits per heavy atom. The van der Waals surface area contributed by atoms with E-state index < -0.39 is 18.5 Å². The summed E-state index contributed by atoms with van der Waals surface area (Å²) in [5, 5.41) is 6.16. The molecule has 0 aliphatic heterocycles. The standard InChI is InChI=1S/C25H20N2O6/c1-31-21-9-5-3-7-19(21)27-24(29)16-10-12-18(13-11-16)26-23(28)15-32-25(30)22-14-17-6-2-4-8-20(17)33-22/h2-14H,15H2,1H3,(H,26,28)(H,27,29). The normalized spacial score (nSPS) is 10.5. The van der Waals surface area contributed by atoms with Crippen LogP contribution in [-0.4, -0.2) is 31.5 Å². The number of fused-ring (bicyclic) bond motifs is 1. The van der Waals surface area contributed by atoms with Crippen LogP contribution < -0.4 is 15.4 Å². The largest absolute Gasteiger partial charge is 0.495 e. The number of anilines is 2. The molecule has 2 N–H and O–H groups in total. The monoisotopic (exact) mass is 444 g/mol. The minimum Gasteiger partial charge on any atom is -0.495 e. The van der Waals surface area contributed by atoms with Crippen LogP contribution in [0, 0.1) is 0 Å². The topological polar surface area (TPSA) is 107 Å². The lowest BCUT2D eigenvalue weighted by Gasteiger charge is -2.10. The van der Waals surface area contributed by atoms with E-state index in [0.717, 1.165) is 5.39 Å². The number of methoxy groups -OCH3 is 1. The van der Waals surface area contributed by atoms with Gasteiger partial charge in [-0.15, -0.1) is 0 Å². The van der Waals surface area contributed by atoms with Crippen LogP contribution in [0.1, 0.15) is 20.9 Å². The zero-order chi connectivity index (χ0) is 23.2. The number of para-hydroxylation sites is 3. The van der Waals surface area contributed by atoms with Crippen molar-refractivity contribution in [1.82, 2.24) is 0 Å². The molecule has 8 heteroatoms. The maximum absolute atomic E-state index is 12.5. The fourth-order valence-corrected chi connectivity index (χ4v) is 3.13. The molecule has 0 atom stereocenters. The second kappa shape index (κ2) is 9.69. The third kappa shape index (κ3) is 5.19. The molecule has 0 radical (unpaired) electrons. The number of hydrogen-bond donors (Lipinski definition) is 2. The average molecular weight is 444 g/mol. The van der Waals surface area contributed by atoms with Crippen molar-refractivity contribution in [2.24, 2.45) is 0 Å². The van der Waals surface area contributed by atoms with Crippen LogP contribution in [0.2, 0.25) is 0 Å². The smallest absolute Gasteiger partial charge is 0.374 e. The van der Waals surface area contributed by atoms with E-state index in [2.05, 4.69) is 10.6 Å². The molecule has 0 spiro atoms. The van der Waals surface area contributed by atoms with Crippen LogP contribution in [0.5, 0.6) is 5.75 Å². The second-order valence-corrected chi connectivity index (χ2v) is 7.00.